The monoisotopic (exact) mass is 399 g/mol. The smallest absolute Gasteiger partial charge is 0.407 e. The molecule has 1 saturated heterocycles. The lowest BCUT2D eigenvalue weighted by Crippen LogP contribution is -2.44. The molecule has 4 N–H and O–H groups in total. The summed E-state index contributed by atoms with van der Waals surface area (Å²) in [4.78, 5) is 30.6. The van der Waals surface area contributed by atoms with Crippen LogP contribution in [-0.2, 0) is 20.9 Å². The summed E-state index contributed by atoms with van der Waals surface area (Å²) in [5.41, 5.74) is 7.64. The average Bonchev–Trinajstić information content (AvgIpc) is 3.21. The molecule has 0 aliphatic carbocycles. The third kappa shape index (κ3) is 9.14. The number of aromatic nitrogens is 1. The molecule has 1 atom stereocenters. The van der Waals surface area contributed by atoms with Crippen molar-refractivity contribution in [2.75, 3.05) is 45.9 Å². The SMILES string of the molecule is NC(CCN1CCOCC1)C(=O)NCCCCNC(=O)OCc1cncs1. The zero-order valence-corrected chi connectivity index (χ0v) is 16.3. The highest BCUT2D eigenvalue weighted by Crippen LogP contribution is 2.06. The Morgan fingerprint density at radius 2 is 2.04 bits per heavy atom. The molecular weight excluding hydrogens is 370 g/mol. The molecular formula is C17H29N5O4S. The Bertz CT molecular complexity index is 552. The van der Waals surface area contributed by atoms with Crippen LogP contribution in [0.4, 0.5) is 4.79 Å². The van der Waals surface area contributed by atoms with Crippen molar-refractivity contribution in [3.63, 3.8) is 0 Å². The summed E-state index contributed by atoms with van der Waals surface area (Å²) in [7, 11) is 0. The van der Waals surface area contributed by atoms with Crippen LogP contribution in [-0.4, -0.2) is 73.9 Å². The van der Waals surface area contributed by atoms with Crippen LogP contribution in [0.3, 0.4) is 0 Å². The first-order valence-electron chi connectivity index (χ1n) is 9.26. The molecule has 0 saturated carbocycles. The van der Waals surface area contributed by atoms with Gasteiger partial charge in [-0.25, -0.2) is 4.79 Å². The first kappa shape index (κ1) is 21.5. The molecule has 1 aliphatic rings. The van der Waals surface area contributed by atoms with Crippen LogP contribution in [0, 0.1) is 0 Å². The summed E-state index contributed by atoms with van der Waals surface area (Å²) in [6, 6.07) is -0.493. The number of hydrogen-bond donors (Lipinski definition) is 3. The van der Waals surface area contributed by atoms with Crippen LogP contribution in [0.25, 0.3) is 0 Å². The zero-order chi connectivity index (χ0) is 19.3. The minimum absolute atomic E-state index is 0.125. The quantitative estimate of drug-likeness (QED) is 0.458. The lowest BCUT2D eigenvalue weighted by atomic mass is 10.2. The maximum atomic E-state index is 12.0. The Hall–Kier alpha value is -1.75. The number of amides is 2. The van der Waals surface area contributed by atoms with Crippen LogP contribution in [0.5, 0.6) is 0 Å². The van der Waals surface area contributed by atoms with Gasteiger partial charge in [0.2, 0.25) is 5.91 Å². The first-order chi connectivity index (χ1) is 13.1. The zero-order valence-electron chi connectivity index (χ0n) is 15.5. The fourth-order valence-electron chi connectivity index (χ4n) is 2.56. The molecule has 1 aromatic heterocycles. The number of nitrogens with one attached hydrogen (secondary N) is 2. The topological polar surface area (TPSA) is 119 Å². The molecule has 2 amide bonds. The first-order valence-corrected chi connectivity index (χ1v) is 10.1. The second-order valence-corrected chi connectivity index (χ2v) is 7.29. The van der Waals surface area contributed by atoms with Gasteiger partial charge in [0.25, 0.3) is 0 Å². The second-order valence-electron chi connectivity index (χ2n) is 6.32. The number of unbranched alkanes of at least 4 members (excludes halogenated alkanes) is 1. The van der Waals surface area contributed by atoms with Crippen molar-refractivity contribution >= 4 is 23.3 Å². The number of carbonyl (C=O) groups excluding carboxylic acids is 2. The Morgan fingerprint density at radius 3 is 2.74 bits per heavy atom. The average molecular weight is 400 g/mol. The maximum Gasteiger partial charge on any atom is 0.407 e. The van der Waals surface area contributed by atoms with Crippen molar-refractivity contribution in [2.45, 2.75) is 31.9 Å². The summed E-state index contributed by atoms with van der Waals surface area (Å²) >= 11 is 1.44. The van der Waals surface area contributed by atoms with Gasteiger partial charge in [0.15, 0.2) is 0 Å². The van der Waals surface area contributed by atoms with Gasteiger partial charge in [-0.15, -0.1) is 11.3 Å². The van der Waals surface area contributed by atoms with Crippen molar-refractivity contribution < 1.29 is 19.1 Å². The number of nitrogens with two attached hydrogens (primary N) is 1. The Morgan fingerprint density at radius 1 is 1.30 bits per heavy atom. The molecule has 9 nitrogen and oxygen atoms in total. The van der Waals surface area contributed by atoms with Gasteiger partial charge in [-0.3, -0.25) is 14.7 Å². The van der Waals surface area contributed by atoms with Crippen LogP contribution in [0.1, 0.15) is 24.1 Å². The van der Waals surface area contributed by atoms with E-state index < -0.39 is 12.1 Å². The van der Waals surface area contributed by atoms with E-state index in [0.29, 0.717) is 19.5 Å². The highest BCUT2D eigenvalue weighted by atomic mass is 32.1. The number of carbonyl (C=O) groups is 2. The largest absolute Gasteiger partial charge is 0.444 e. The van der Waals surface area contributed by atoms with E-state index >= 15 is 0 Å². The molecule has 1 fully saturated rings. The summed E-state index contributed by atoms with van der Waals surface area (Å²) in [5, 5.41) is 5.53. The Balaban J connectivity index is 1.43. The van der Waals surface area contributed by atoms with Crippen LogP contribution < -0.4 is 16.4 Å². The van der Waals surface area contributed by atoms with E-state index in [0.717, 1.165) is 50.6 Å². The van der Waals surface area contributed by atoms with Gasteiger partial charge in [0.1, 0.15) is 6.61 Å². The van der Waals surface area contributed by atoms with Gasteiger partial charge >= 0.3 is 6.09 Å². The van der Waals surface area contributed by atoms with E-state index in [2.05, 4.69) is 20.5 Å². The molecule has 0 radical (unpaired) electrons. The lowest BCUT2D eigenvalue weighted by molar-refractivity contribution is -0.122. The minimum Gasteiger partial charge on any atom is -0.444 e. The predicted molar refractivity (Wildman–Crippen MR) is 102 cm³/mol. The fraction of sp³-hybridized carbons (Fsp3) is 0.706. The van der Waals surface area contributed by atoms with Crippen molar-refractivity contribution in [3.8, 4) is 0 Å². The number of thiazole rings is 1. The Labute approximate surface area is 163 Å². The van der Waals surface area contributed by atoms with Crippen LogP contribution in [0.2, 0.25) is 0 Å². The molecule has 0 aromatic carbocycles. The summed E-state index contributed by atoms with van der Waals surface area (Å²) in [6.07, 6.45) is 3.37. The molecule has 0 spiro atoms. The predicted octanol–water partition coefficient (Wildman–Crippen LogP) is 0.315. The van der Waals surface area contributed by atoms with E-state index in [1.807, 2.05) is 0 Å². The number of nitrogens with zero attached hydrogens (tertiary/aromatic N) is 2. The van der Waals surface area contributed by atoms with E-state index in [9.17, 15) is 9.59 Å². The van der Waals surface area contributed by atoms with Gasteiger partial charge in [0, 0.05) is 38.9 Å². The van der Waals surface area contributed by atoms with E-state index in [1.165, 1.54) is 11.3 Å². The fourth-order valence-corrected chi connectivity index (χ4v) is 3.07. The normalized spacial score (nSPS) is 15.9. The molecule has 2 rings (SSSR count). The molecule has 10 heteroatoms. The van der Waals surface area contributed by atoms with Gasteiger partial charge in [0.05, 0.1) is 29.6 Å². The highest BCUT2D eigenvalue weighted by Gasteiger charge is 2.16. The van der Waals surface area contributed by atoms with Crippen molar-refractivity contribution in [1.29, 1.82) is 0 Å². The molecule has 0 bridgehead atoms. The molecule has 152 valence electrons. The summed E-state index contributed by atoms with van der Waals surface area (Å²) in [5.74, 6) is -0.125. The molecule has 27 heavy (non-hydrogen) atoms. The van der Waals surface area contributed by atoms with Crippen LogP contribution >= 0.6 is 11.3 Å². The Kier molecular flexibility index (Phi) is 10.1. The maximum absolute atomic E-state index is 12.0. The molecule has 1 unspecified atom stereocenters. The highest BCUT2D eigenvalue weighted by molar-refractivity contribution is 7.09. The molecule has 1 aromatic rings. The number of hydrogen-bond acceptors (Lipinski definition) is 8. The standard InChI is InChI=1S/C17H29N5O4S/c18-15(3-6-22-7-9-25-10-8-22)16(23)20-4-1-2-5-21-17(24)26-12-14-11-19-13-27-14/h11,13,15H,1-10,12,18H2,(H,20,23)(H,21,24). The van der Waals surface area contributed by atoms with E-state index in [-0.39, 0.29) is 12.5 Å². The van der Waals surface area contributed by atoms with Crippen LogP contribution in [0.15, 0.2) is 11.7 Å². The van der Waals surface area contributed by atoms with Gasteiger partial charge in [-0.1, -0.05) is 0 Å². The minimum atomic E-state index is -0.493. The van der Waals surface area contributed by atoms with Crippen molar-refractivity contribution in [3.05, 3.63) is 16.6 Å². The third-order valence-electron chi connectivity index (χ3n) is 4.20. The van der Waals surface area contributed by atoms with E-state index in [1.54, 1.807) is 11.7 Å². The number of morpholine rings is 1. The van der Waals surface area contributed by atoms with Crippen molar-refractivity contribution in [2.24, 2.45) is 5.73 Å². The summed E-state index contributed by atoms with van der Waals surface area (Å²) in [6.45, 7) is 5.37. The number of alkyl carbamates (subject to hydrolysis) is 1. The third-order valence-corrected chi connectivity index (χ3v) is 4.95. The summed E-state index contributed by atoms with van der Waals surface area (Å²) < 4.78 is 10.4. The second kappa shape index (κ2) is 12.6. The van der Waals surface area contributed by atoms with Crippen molar-refractivity contribution in [1.82, 2.24) is 20.5 Å². The molecule has 1 aliphatic heterocycles. The van der Waals surface area contributed by atoms with E-state index in [4.69, 9.17) is 15.2 Å². The molecule has 2 heterocycles. The number of ether oxygens (including phenoxy) is 2. The van der Waals surface area contributed by atoms with Gasteiger partial charge in [-0.2, -0.15) is 0 Å². The van der Waals surface area contributed by atoms with Gasteiger partial charge < -0.3 is 25.8 Å². The van der Waals surface area contributed by atoms with Gasteiger partial charge in [-0.05, 0) is 19.3 Å². The lowest BCUT2D eigenvalue weighted by Gasteiger charge is -2.27. The number of rotatable bonds is 11.